The Balaban J connectivity index is 1.83. The first kappa shape index (κ1) is 13.0. The molecule has 4 N–H and O–H groups in total. The molecule has 2 rings (SSSR count). The van der Waals surface area contributed by atoms with Gasteiger partial charge in [-0.25, -0.2) is 0 Å². The number of hydrogen-bond donors (Lipinski definition) is 2. The summed E-state index contributed by atoms with van der Waals surface area (Å²) in [5, 5.41) is 0. The maximum absolute atomic E-state index is 5.53. The van der Waals surface area contributed by atoms with Crippen molar-refractivity contribution in [3.8, 4) is 0 Å². The van der Waals surface area contributed by atoms with E-state index < -0.39 is 21.5 Å². The average Bonchev–Trinajstić information content (AvgIpc) is 2.34. The second kappa shape index (κ2) is 6.46. The Labute approximate surface area is 117 Å². The van der Waals surface area contributed by atoms with E-state index in [1.807, 2.05) is 53.1 Å². The molecule has 2 aromatic rings. The minimum atomic E-state index is -1.08. The summed E-state index contributed by atoms with van der Waals surface area (Å²) >= 11 is -1.08. The zero-order valence-electron chi connectivity index (χ0n) is 9.04. The quantitative estimate of drug-likeness (QED) is 0.697. The van der Waals surface area contributed by atoms with Gasteiger partial charge in [-0.15, -0.1) is 0 Å². The molecule has 0 aliphatic heterocycles. The Kier molecular flexibility index (Phi) is 4.93. The Morgan fingerprint density at radius 1 is 0.824 bits per heavy atom. The van der Waals surface area contributed by atoms with Crippen molar-refractivity contribution < 1.29 is 21.5 Å². The summed E-state index contributed by atoms with van der Waals surface area (Å²) in [6, 6.07) is 7.72. The normalized spacial score (nSPS) is 9.88. The van der Waals surface area contributed by atoms with Crippen LogP contribution in [-0.2, 0) is 21.5 Å². The number of nitrogens with two attached hydrogens (primary N) is 2. The molecule has 0 amide bonds. The van der Waals surface area contributed by atoms with Crippen molar-refractivity contribution in [2.75, 3.05) is 11.5 Å². The zero-order chi connectivity index (χ0) is 12.1. The Bertz CT molecular complexity index is 429. The van der Waals surface area contributed by atoms with Gasteiger partial charge < -0.3 is 0 Å². The van der Waals surface area contributed by atoms with Gasteiger partial charge in [0.2, 0.25) is 0 Å². The van der Waals surface area contributed by atoms with Crippen LogP contribution < -0.4 is 11.5 Å². The van der Waals surface area contributed by atoms with Crippen LogP contribution in [-0.4, -0.2) is 9.97 Å². The number of nitrogen functional groups attached to an aromatic ring is 2. The van der Waals surface area contributed by atoms with Crippen LogP contribution in [0.4, 0.5) is 11.6 Å². The Morgan fingerprint density at radius 3 is 1.65 bits per heavy atom. The van der Waals surface area contributed by atoms with Gasteiger partial charge in [0, 0.05) is 0 Å². The summed E-state index contributed by atoms with van der Waals surface area (Å²) in [5.74, 6) is 1.14. The molecule has 7 heteroatoms. The standard InChI is InChI=1S/2C5H6N2S.Hg/c2*6-5-2-1-4(8)3-7-5;/h2*1-3,8H,(H2,6,7);/q;;+2/p-2. The molecule has 0 bridgehead atoms. The van der Waals surface area contributed by atoms with E-state index in [-0.39, 0.29) is 0 Å². The molecule has 0 fully saturated rings. The molecule has 2 aromatic heterocycles. The van der Waals surface area contributed by atoms with Gasteiger partial charge in [0.1, 0.15) is 0 Å². The van der Waals surface area contributed by atoms with Gasteiger partial charge in [0.25, 0.3) is 0 Å². The zero-order valence-corrected chi connectivity index (χ0v) is 16.2. The van der Waals surface area contributed by atoms with Crippen molar-refractivity contribution in [3.05, 3.63) is 36.7 Å². The molecular formula is C10H10HgN4S2. The van der Waals surface area contributed by atoms with Crippen LogP contribution in [0.2, 0.25) is 0 Å². The molecule has 0 unspecified atom stereocenters. The monoisotopic (exact) mass is 452 g/mol. The number of anilines is 2. The SMILES string of the molecule is Nc1ccc([S][Hg][S]c2ccc(N)nc2)cn1. The predicted octanol–water partition coefficient (Wildman–Crippen LogP) is 2.44. The summed E-state index contributed by atoms with van der Waals surface area (Å²) in [6.07, 6.45) is 3.67. The van der Waals surface area contributed by atoms with Crippen LogP contribution in [0.15, 0.2) is 46.5 Å². The number of nitrogens with zero attached hydrogens (tertiary/aromatic N) is 2. The molecule has 84 valence electrons. The number of rotatable bonds is 4. The fourth-order valence-corrected chi connectivity index (χ4v) is 18.6. The first-order chi connectivity index (χ1) is 8.24. The summed E-state index contributed by atoms with van der Waals surface area (Å²) < 4.78 is 0. The van der Waals surface area contributed by atoms with E-state index in [4.69, 9.17) is 11.5 Å². The van der Waals surface area contributed by atoms with Crippen molar-refractivity contribution in [2.24, 2.45) is 0 Å². The predicted molar refractivity (Wildman–Crippen MR) is 69.0 cm³/mol. The molecule has 0 aliphatic rings. The van der Waals surface area contributed by atoms with Crippen molar-refractivity contribution in [1.82, 2.24) is 9.97 Å². The van der Waals surface area contributed by atoms with E-state index in [1.165, 1.54) is 9.79 Å². The van der Waals surface area contributed by atoms with Crippen molar-refractivity contribution >= 4 is 28.1 Å². The molecule has 2 heterocycles. The molecule has 17 heavy (non-hydrogen) atoms. The van der Waals surface area contributed by atoms with Gasteiger partial charge in [-0.1, -0.05) is 0 Å². The van der Waals surface area contributed by atoms with E-state index in [1.54, 1.807) is 0 Å². The molecule has 4 nitrogen and oxygen atoms in total. The minimum absolute atomic E-state index is 0.571. The van der Waals surface area contributed by atoms with Crippen LogP contribution >= 0.6 is 16.5 Å². The van der Waals surface area contributed by atoms with Gasteiger partial charge in [0.05, 0.1) is 0 Å². The van der Waals surface area contributed by atoms with Crippen LogP contribution in [0.25, 0.3) is 0 Å². The molecule has 0 aromatic carbocycles. The molecule has 0 spiro atoms. The van der Waals surface area contributed by atoms with Crippen LogP contribution in [0.3, 0.4) is 0 Å². The molecule has 0 aliphatic carbocycles. The third-order valence-corrected chi connectivity index (χ3v) is 20.1. The first-order valence-corrected chi connectivity index (χ1v) is 20.4. The average molecular weight is 451 g/mol. The molecular weight excluding hydrogens is 441 g/mol. The van der Waals surface area contributed by atoms with E-state index in [9.17, 15) is 0 Å². The summed E-state index contributed by atoms with van der Waals surface area (Å²) in [5.41, 5.74) is 11.1. The fourth-order valence-electron chi connectivity index (χ4n) is 1.12. The second-order valence-electron chi connectivity index (χ2n) is 3.24. The summed E-state index contributed by atoms with van der Waals surface area (Å²) in [6.45, 7) is 0. The Hall–Kier alpha value is -0.465. The molecule has 0 atom stereocenters. The summed E-state index contributed by atoms with van der Waals surface area (Å²) in [7, 11) is 3.87. The van der Waals surface area contributed by atoms with Crippen LogP contribution in [0, 0.1) is 0 Å². The van der Waals surface area contributed by atoms with Crippen LogP contribution in [0.5, 0.6) is 0 Å². The van der Waals surface area contributed by atoms with Gasteiger partial charge in [0.15, 0.2) is 0 Å². The van der Waals surface area contributed by atoms with Crippen molar-refractivity contribution in [3.63, 3.8) is 0 Å². The van der Waals surface area contributed by atoms with Crippen molar-refractivity contribution in [1.29, 1.82) is 0 Å². The van der Waals surface area contributed by atoms with Gasteiger partial charge in [-0.05, 0) is 0 Å². The van der Waals surface area contributed by atoms with Gasteiger partial charge in [-0.3, -0.25) is 0 Å². The number of aromatic nitrogens is 2. The van der Waals surface area contributed by atoms with Gasteiger partial charge >= 0.3 is 118 Å². The van der Waals surface area contributed by atoms with E-state index >= 15 is 0 Å². The number of pyridine rings is 2. The fraction of sp³-hybridized carbons (Fsp3) is 0. The summed E-state index contributed by atoms with van der Waals surface area (Å²) in [4.78, 5) is 10.6. The molecule has 0 saturated carbocycles. The van der Waals surface area contributed by atoms with E-state index in [0.717, 1.165) is 0 Å². The second-order valence-corrected chi connectivity index (χ2v) is 20.7. The van der Waals surface area contributed by atoms with Crippen molar-refractivity contribution in [2.45, 2.75) is 9.79 Å². The third-order valence-electron chi connectivity index (χ3n) is 1.97. The number of hydrogen-bond acceptors (Lipinski definition) is 6. The third kappa shape index (κ3) is 4.36. The first-order valence-electron chi connectivity index (χ1n) is 4.93. The molecule has 0 radical (unpaired) electrons. The van der Waals surface area contributed by atoms with Crippen LogP contribution in [0.1, 0.15) is 0 Å². The molecule has 0 saturated heterocycles. The Morgan fingerprint density at radius 2 is 1.29 bits per heavy atom. The maximum atomic E-state index is 5.53. The van der Waals surface area contributed by atoms with E-state index in [0.29, 0.717) is 11.6 Å². The van der Waals surface area contributed by atoms with Gasteiger partial charge in [-0.2, -0.15) is 0 Å². The van der Waals surface area contributed by atoms with E-state index in [2.05, 4.69) is 9.97 Å². The topological polar surface area (TPSA) is 77.8 Å².